The van der Waals surface area contributed by atoms with Crippen LogP contribution in [0.2, 0.25) is 0 Å². The molecule has 0 radical (unpaired) electrons. The maximum Gasteiger partial charge on any atom is 0.230 e. The Morgan fingerprint density at radius 3 is 2.89 bits per heavy atom. The first kappa shape index (κ1) is 14.5. The highest BCUT2D eigenvalue weighted by Gasteiger charge is 2.09. The molecule has 0 fully saturated rings. The quantitative estimate of drug-likeness (QED) is 0.757. The molecule has 1 heterocycles. The Morgan fingerprint density at radius 1 is 1.56 bits per heavy atom. The van der Waals surface area contributed by atoms with Crippen LogP contribution in [-0.4, -0.2) is 28.7 Å². The van der Waals surface area contributed by atoms with Crippen LogP contribution in [0.4, 0.5) is 0 Å². The van der Waals surface area contributed by atoms with Crippen molar-refractivity contribution in [3.63, 3.8) is 0 Å². The van der Waals surface area contributed by atoms with Gasteiger partial charge in [-0.3, -0.25) is 4.79 Å². The molecule has 0 saturated carbocycles. The molecule has 0 aromatic carbocycles. The van der Waals surface area contributed by atoms with E-state index in [-0.39, 0.29) is 23.3 Å². The molecule has 6 heteroatoms. The lowest BCUT2D eigenvalue weighted by Gasteiger charge is -2.12. The van der Waals surface area contributed by atoms with Crippen LogP contribution >= 0.6 is 11.8 Å². The fraction of sp³-hybridized carbons (Fsp3) is 0.417. The molecule has 1 aromatic heterocycles. The number of pyridine rings is 1. The number of aromatic carboxylic acids is 1. The molecule has 1 N–H and O–H groups in total. The predicted octanol–water partition coefficient (Wildman–Crippen LogP) is 0.452. The van der Waals surface area contributed by atoms with Crippen molar-refractivity contribution in [2.45, 2.75) is 31.3 Å². The van der Waals surface area contributed by atoms with Crippen LogP contribution in [0.15, 0.2) is 23.4 Å². The molecule has 1 rings (SSSR count). The van der Waals surface area contributed by atoms with Crippen LogP contribution in [0.3, 0.4) is 0 Å². The van der Waals surface area contributed by atoms with Crippen LogP contribution in [-0.2, 0) is 4.79 Å². The Labute approximate surface area is 110 Å². The minimum absolute atomic E-state index is 0.0128. The van der Waals surface area contributed by atoms with Gasteiger partial charge in [-0.1, -0.05) is 18.7 Å². The number of hydrogen-bond acceptors (Lipinski definition) is 5. The molecule has 0 aliphatic rings. The van der Waals surface area contributed by atoms with Gasteiger partial charge in [0.15, 0.2) is 0 Å². The first-order valence-corrected chi connectivity index (χ1v) is 6.61. The number of amides is 1. The van der Waals surface area contributed by atoms with Gasteiger partial charge in [0.25, 0.3) is 0 Å². The zero-order chi connectivity index (χ0) is 13.5. The Bertz CT molecular complexity index is 437. The zero-order valence-corrected chi connectivity index (χ0v) is 11.1. The summed E-state index contributed by atoms with van der Waals surface area (Å²) in [5.74, 6) is -1.28. The van der Waals surface area contributed by atoms with E-state index in [0.717, 1.165) is 18.2 Å². The van der Waals surface area contributed by atoms with Crippen LogP contribution in [0.5, 0.6) is 0 Å². The molecule has 0 aliphatic carbocycles. The topological polar surface area (TPSA) is 82.1 Å². The fourth-order valence-corrected chi connectivity index (χ4v) is 2.01. The Morgan fingerprint density at radius 2 is 2.28 bits per heavy atom. The third-order valence-electron chi connectivity index (χ3n) is 2.35. The maximum atomic E-state index is 11.5. The van der Waals surface area contributed by atoms with Gasteiger partial charge in [0.1, 0.15) is 5.03 Å². The number of carbonyl (C=O) groups excluding carboxylic acids is 2. The molecule has 1 unspecified atom stereocenters. The van der Waals surface area contributed by atoms with E-state index >= 15 is 0 Å². The molecule has 1 aromatic rings. The number of thioether (sulfide) groups is 1. The van der Waals surface area contributed by atoms with Gasteiger partial charge in [0.2, 0.25) is 5.91 Å². The molecule has 0 bridgehead atoms. The summed E-state index contributed by atoms with van der Waals surface area (Å²) in [6.07, 6.45) is 2.34. The van der Waals surface area contributed by atoms with E-state index < -0.39 is 5.97 Å². The number of carboxylic acid groups (broad SMARTS) is 1. The van der Waals surface area contributed by atoms with E-state index in [1.807, 2.05) is 13.8 Å². The average Bonchev–Trinajstić information content (AvgIpc) is 2.36. The third kappa shape index (κ3) is 4.37. The number of rotatable bonds is 6. The van der Waals surface area contributed by atoms with Crippen molar-refractivity contribution in [2.24, 2.45) is 0 Å². The number of aromatic nitrogens is 1. The predicted molar refractivity (Wildman–Crippen MR) is 67.2 cm³/mol. The number of carboxylic acids is 1. The van der Waals surface area contributed by atoms with Crippen molar-refractivity contribution in [1.82, 2.24) is 10.3 Å². The average molecular weight is 267 g/mol. The van der Waals surface area contributed by atoms with Crippen molar-refractivity contribution >= 4 is 23.6 Å². The number of hydrogen-bond donors (Lipinski definition) is 1. The molecule has 18 heavy (non-hydrogen) atoms. The highest BCUT2D eigenvalue weighted by atomic mass is 32.2. The Balaban J connectivity index is 2.58. The highest BCUT2D eigenvalue weighted by Crippen LogP contribution is 2.19. The van der Waals surface area contributed by atoms with Crippen LogP contribution < -0.4 is 10.4 Å². The van der Waals surface area contributed by atoms with Gasteiger partial charge in [-0.05, 0) is 25.5 Å². The lowest BCUT2D eigenvalue weighted by Crippen LogP contribution is -2.33. The van der Waals surface area contributed by atoms with E-state index in [9.17, 15) is 14.7 Å². The standard InChI is InChI=1S/C12H16N2O3S/c1-3-8(2)14-10(15)7-18-11-9(12(16)17)5-4-6-13-11/h4-6,8H,3,7H2,1-2H3,(H,14,15)(H,16,17)/p-1. The van der Waals surface area contributed by atoms with Gasteiger partial charge in [-0.2, -0.15) is 0 Å². The SMILES string of the molecule is CCC(C)NC(=O)CSc1ncccc1C(=O)[O-]. The zero-order valence-electron chi connectivity index (χ0n) is 10.3. The van der Waals surface area contributed by atoms with E-state index in [4.69, 9.17) is 0 Å². The minimum atomic E-state index is -1.28. The lowest BCUT2D eigenvalue weighted by molar-refractivity contribution is -0.255. The largest absolute Gasteiger partial charge is 0.545 e. The highest BCUT2D eigenvalue weighted by molar-refractivity contribution is 8.00. The number of nitrogens with zero attached hydrogens (tertiary/aromatic N) is 1. The smallest absolute Gasteiger partial charge is 0.230 e. The first-order chi connectivity index (χ1) is 8.54. The molecule has 98 valence electrons. The molecule has 5 nitrogen and oxygen atoms in total. The summed E-state index contributed by atoms with van der Waals surface area (Å²) in [7, 11) is 0. The molecular formula is C12H15N2O3S-. The van der Waals surface area contributed by atoms with Gasteiger partial charge in [-0.15, -0.1) is 0 Å². The lowest BCUT2D eigenvalue weighted by atomic mass is 10.3. The third-order valence-corrected chi connectivity index (χ3v) is 3.36. The summed E-state index contributed by atoms with van der Waals surface area (Å²) in [6.45, 7) is 3.89. The van der Waals surface area contributed by atoms with Crippen molar-refractivity contribution in [2.75, 3.05) is 5.75 Å². The van der Waals surface area contributed by atoms with E-state index in [1.54, 1.807) is 0 Å². The normalized spacial score (nSPS) is 11.9. The van der Waals surface area contributed by atoms with Gasteiger partial charge >= 0.3 is 0 Å². The van der Waals surface area contributed by atoms with Crippen LogP contribution in [0, 0.1) is 0 Å². The summed E-state index contributed by atoms with van der Waals surface area (Å²) in [4.78, 5) is 26.3. The van der Waals surface area contributed by atoms with Gasteiger partial charge in [-0.25, -0.2) is 4.98 Å². The first-order valence-electron chi connectivity index (χ1n) is 5.63. The summed E-state index contributed by atoms with van der Waals surface area (Å²) in [6, 6.07) is 3.05. The van der Waals surface area contributed by atoms with E-state index in [0.29, 0.717) is 5.03 Å². The molecular weight excluding hydrogens is 252 g/mol. The molecule has 1 atom stereocenters. The van der Waals surface area contributed by atoms with Gasteiger partial charge < -0.3 is 15.2 Å². The summed E-state index contributed by atoms with van der Waals surface area (Å²) >= 11 is 1.09. The van der Waals surface area contributed by atoms with Gasteiger partial charge in [0.05, 0.1) is 11.7 Å². The molecule has 1 amide bonds. The molecule has 0 spiro atoms. The summed E-state index contributed by atoms with van der Waals surface area (Å²) in [5, 5.41) is 13.9. The van der Waals surface area contributed by atoms with Crippen molar-refractivity contribution < 1.29 is 14.7 Å². The molecule has 0 aliphatic heterocycles. The van der Waals surface area contributed by atoms with E-state index in [1.165, 1.54) is 18.3 Å². The maximum absolute atomic E-state index is 11.5. The second-order valence-electron chi connectivity index (χ2n) is 3.81. The van der Waals surface area contributed by atoms with Crippen LogP contribution in [0.1, 0.15) is 30.6 Å². The summed E-state index contributed by atoms with van der Waals surface area (Å²) < 4.78 is 0. The van der Waals surface area contributed by atoms with Crippen molar-refractivity contribution in [3.05, 3.63) is 23.9 Å². The minimum Gasteiger partial charge on any atom is -0.545 e. The second-order valence-corrected chi connectivity index (χ2v) is 4.77. The van der Waals surface area contributed by atoms with Gasteiger partial charge in [0, 0.05) is 17.8 Å². The Hall–Kier alpha value is -1.56. The molecule has 0 saturated heterocycles. The second kappa shape index (κ2) is 7.00. The number of carbonyl (C=O) groups is 2. The van der Waals surface area contributed by atoms with Crippen molar-refractivity contribution in [1.29, 1.82) is 0 Å². The Kier molecular flexibility index (Phi) is 5.64. The van der Waals surface area contributed by atoms with E-state index in [2.05, 4.69) is 10.3 Å². The monoisotopic (exact) mass is 267 g/mol. The summed E-state index contributed by atoms with van der Waals surface area (Å²) in [5.41, 5.74) is 0.0128. The van der Waals surface area contributed by atoms with Crippen LogP contribution in [0.25, 0.3) is 0 Å². The fourth-order valence-electron chi connectivity index (χ4n) is 1.21. The number of nitrogens with one attached hydrogen (secondary N) is 1. The van der Waals surface area contributed by atoms with Crippen molar-refractivity contribution in [3.8, 4) is 0 Å².